The van der Waals surface area contributed by atoms with E-state index in [2.05, 4.69) is 0 Å². The molecule has 2 saturated carbocycles. The van der Waals surface area contributed by atoms with Crippen LogP contribution in [0.25, 0.3) is 0 Å². The topological polar surface area (TPSA) is 40.5 Å². The molecule has 0 aromatic heterocycles. The number of aliphatic hydroxyl groups is 2. The van der Waals surface area contributed by atoms with Crippen LogP contribution in [0.3, 0.4) is 0 Å². The van der Waals surface area contributed by atoms with Gasteiger partial charge in [-0.05, 0) is 42.9 Å². The zero-order valence-electron chi connectivity index (χ0n) is 17.4. The van der Waals surface area contributed by atoms with Crippen molar-refractivity contribution in [3.05, 3.63) is 0 Å². The van der Waals surface area contributed by atoms with Gasteiger partial charge in [-0.25, -0.2) is 0 Å². The lowest BCUT2D eigenvalue weighted by Crippen LogP contribution is -2.55. The van der Waals surface area contributed by atoms with Crippen molar-refractivity contribution in [1.82, 2.24) is 0 Å². The fourth-order valence-electron chi connectivity index (χ4n) is 5.39. The van der Waals surface area contributed by atoms with Gasteiger partial charge in [0, 0.05) is 0 Å². The number of halogens is 12. The third-order valence-corrected chi connectivity index (χ3v) is 7.59. The standard InChI is InChI=1S/C19H24F12O2/c1-15(2,7-3-9(16(20,21)22)13(32)10(4-7)17(23,24)25)8-5-11(18(26,27)28)14(33)12(6-8)19(29,30)31/h7-14,32-33H,3-6H2,1-2H3. The molecule has 0 radical (unpaired) electrons. The fourth-order valence-corrected chi connectivity index (χ4v) is 5.39. The van der Waals surface area contributed by atoms with Gasteiger partial charge >= 0.3 is 24.7 Å². The molecule has 2 aliphatic carbocycles. The van der Waals surface area contributed by atoms with Crippen LogP contribution >= 0.6 is 0 Å². The van der Waals surface area contributed by atoms with Crippen LogP contribution in [0.2, 0.25) is 0 Å². The molecule has 0 bridgehead atoms. The molecule has 2 aliphatic rings. The summed E-state index contributed by atoms with van der Waals surface area (Å²) in [6.07, 6.45) is -31.0. The van der Waals surface area contributed by atoms with E-state index in [-0.39, 0.29) is 0 Å². The molecular formula is C19H24F12O2. The lowest BCUT2D eigenvalue weighted by Gasteiger charge is -2.52. The maximum Gasteiger partial charge on any atom is 0.394 e. The van der Waals surface area contributed by atoms with Gasteiger partial charge in [-0.15, -0.1) is 0 Å². The molecule has 0 aromatic carbocycles. The molecule has 0 heterocycles. The van der Waals surface area contributed by atoms with Crippen LogP contribution in [0.4, 0.5) is 52.7 Å². The van der Waals surface area contributed by atoms with Gasteiger partial charge in [0.15, 0.2) is 0 Å². The molecule has 0 saturated heterocycles. The molecular weight excluding hydrogens is 488 g/mol. The van der Waals surface area contributed by atoms with Crippen molar-refractivity contribution in [2.75, 3.05) is 0 Å². The maximum atomic E-state index is 13.4. The molecule has 196 valence electrons. The smallest absolute Gasteiger partial charge is 0.392 e. The van der Waals surface area contributed by atoms with Crippen molar-refractivity contribution in [3.63, 3.8) is 0 Å². The first-order chi connectivity index (χ1) is 14.5. The van der Waals surface area contributed by atoms with Gasteiger partial charge in [-0.3, -0.25) is 0 Å². The van der Waals surface area contributed by atoms with Crippen molar-refractivity contribution < 1.29 is 62.9 Å². The number of aliphatic hydroxyl groups excluding tert-OH is 2. The van der Waals surface area contributed by atoms with E-state index in [0.717, 1.165) is 13.8 Å². The van der Waals surface area contributed by atoms with Crippen LogP contribution < -0.4 is 0 Å². The normalized spacial score (nSPS) is 37.8. The Kier molecular flexibility index (Phi) is 7.41. The summed E-state index contributed by atoms with van der Waals surface area (Å²) >= 11 is 0. The van der Waals surface area contributed by atoms with Crippen molar-refractivity contribution in [1.29, 1.82) is 0 Å². The molecule has 4 atom stereocenters. The van der Waals surface area contributed by atoms with E-state index >= 15 is 0 Å². The summed E-state index contributed by atoms with van der Waals surface area (Å²) in [4.78, 5) is 0. The molecule has 14 heteroatoms. The average molecular weight is 512 g/mol. The molecule has 2 nitrogen and oxygen atoms in total. The highest BCUT2D eigenvalue weighted by molar-refractivity contribution is 5.02. The zero-order chi connectivity index (χ0) is 25.9. The summed E-state index contributed by atoms with van der Waals surface area (Å²) in [5.41, 5.74) is -1.82. The van der Waals surface area contributed by atoms with Crippen molar-refractivity contribution >= 4 is 0 Å². The highest BCUT2D eigenvalue weighted by Crippen LogP contribution is 2.58. The van der Waals surface area contributed by atoms with E-state index < -0.39 is 104 Å². The molecule has 2 N–H and O–H groups in total. The number of rotatable bonds is 2. The third-order valence-electron chi connectivity index (χ3n) is 7.59. The van der Waals surface area contributed by atoms with Gasteiger partial charge in [0.25, 0.3) is 0 Å². The first-order valence-electron chi connectivity index (χ1n) is 10.1. The van der Waals surface area contributed by atoms with Gasteiger partial charge in [0.2, 0.25) is 0 Å². The number of alkyl halides is 12. The Bertz CT molecular complexity index is 574. The summed E-state index contributed by atoms with van der Waals surface area (Å²) in [6.45, 7) is 2.11. The predicted molar refractivity (Wildman–Crippen MR) is 89.4 cm³/mol. The molecule has 4 unspecified atom stereocenters. The van der Waals surface area contributed by atoms with Gasteiger partial charge in [-0.2, -0.15) is 52.7 Å². The Morgan fingerprint density at radius 1 is 0.455 bits per heavy atom. The molecule has 0 spiro atoms. The summed E-state index contributed by atoms with van der Waals surface area (Å²) < 4.78 is 161. The van der Waals surface area contributed by atoms with E-state index in [0.29, 0.717) is 0 Å². The van der Waals surface area contributed by atoms with Crippen molar-refractivity contribution in [2.24, 2.45) is 40.9 Å². The fraction of sp³-hybridized carbons (Fsp3) is 1.00. The lowest BCUT2D eigenvalue weighted by atomic mass is 9.55. The van der Waals surface area contributed by atoms with E-state index in [4.69, 9.17) is 0 Å². The maximum absolute atomic E-state index is 13.4. The van der Waals surface area contributed by atoms with Gasteiger partial charge in [-0.1, -0.05) is 13.8 Å². The minimum Gasteiger partial charge on any atom is -0.392 e. The second-order valence-corrected chi connectivity index (χ2v) is 9.73. The molecule has 0 amide bonds. The van der Waals surface area contributed by atoms with Crippen LogP contribution in [-0.2, 0) is 0 Å². The summed E-state index contributed by atoms with van der Waals surface area (Å²) in [7, 11) is 0. The minimum atomic E-state index is -5.26. The third kappa shape index (κ3) is 5.84. The SMILES string of the molecule is CC(C)(C1CC(C(F)(F)F)C(O)C(C(F)(F)F)C1)C1CC(C(F)(F)F)C(O)C(C(F)(F)F)C1. The van der Waals surface area contributed by atoms with Gasteiger partial charge in [0.05, 0.1) is 35.9 Å². The molecule has 0 aliphatic heterocycles. The van der Waals surface area contributed by atoms with Crippen LogP contribution in [-0.4, -0.2) is 47.1 Å². The molecule has 33 heavy (non-hydrogen) atoms. The lowest BCUT2D eigenvalue weighted by molar-refractivity contribution is -0.282. The summed E-state index contributed by atoms with van der Waals surface area (Å²) in [6, 6.07) is 0. The van der Waals surface area contributed by atoms with Gasteiger partial charge < -0.3 is 10.2 Å². The molecule has 2 fully saturated rings. The van der Waals surface area contributed by atoms with E-state index in [1.165, 1.54) is 0 Å². The van der Waals surface area contributed by atoms with Crippen molar-refractivity contribution in [2.45, 2.75) is 76.4 Å². The van der Waals surface area contributed by atoms with Crippen LogP contribution in [0.1, 0.15) is 39.5 Å². The molecule has 0 aromatic rings. The largest absolute Gasteiger partial charge is 0.394 e. The van der Waals surface area contributed by atoms with Crippen LogP contribution in [0.5, 0.6) is 0 Å². The van der Waals surface area contributed by atoms with Crippen LogP contribution in [0, 0.1) is 40.9 Å². The molecule has 2 rings (SSSR count). The predicted octanol–water partition coefficient (Wildman–Crippen LogP) is 6.27. The summed E-state index contributed by atoms with van der Waals surface area (Å²) in [5.74, 6) is -14.5. The van der Waals surface area contributed by atoms with Crippen LogP contribution in [0.15, 0.2) is 0 Å². The number of hydrogen-bond donors (Lipinski definition) is 2. The second-order valence-electron chi connectivity index (χ2n) is 9.73. The Balaban J connectivity index is 2.46. The number of hydrogen-bond acceptors (Lipinski definition) is 2. The van der Waals surface area contributed by atoms with Crippen molar-refractivity contribution in [3.8, 4) is 0 Å². The Morgan fingerprint density at radius 2 is 0.636 bits per heavy atom. The van der Waals surface area contributed by atoms with E-state index in [1.54, 1.807) is 0 Å². The van der Waals surface area contributed by atoms with E-state index in [1.807, 2.05) is 0 Å². The van der Waals surface area contributed by atoms with Gasteiger partial charge in [0.1, 0.15) is 0 Å². The first kappa shape index (κ1) is 28.3. The highest BCUT2D eigenvalue weighted by atomic mass is 19.4. The minimum absolute atomic E-state index is 1.06. The quantitative estimate of drug-likeness (QED) is 0.429. The van der Waals surface area contributed by atoms with E-state index in [9.17, 15) is 62.9 Å². The summed E-state index contributed by atoms with van der Waals surface area (Å²) in [5, 5.41) is 19.5. The monoisotopic (exact) mass is 512 g/mol. The zero-order valence-corrected chi connectivity index (χ0v) is 17.4. The Morgan fingerprint density at radius 3 is 0.788 bits per heavy atom. The Labute approximate surface area is 181 Å². The highest BCUT2D eigenvalue weighted by Gasteiger charge is 2.63. The average Bonchev–Trinajstić information content (AvgIpc) is 2.57. The second kappa shape index (κ2) is 8.63. The first-order valence-corrected chi connectivity index (χ1v) is 10.1. The Hall–Kier alpha value is -0.920.